The van der Waals surface area contributed by atoms with Crippen LogP contribution >= 0.6 is 0 Å². The van der Waals surface area contributed by atoms with Gasteiger partial charge in [-0.1, -0.05) is 12.1 Å². The highest BCUT2D eigenvalue weighted by Crippen LogP contribution is 2.20. The van der Waals surface area contributed by atoms with Crippen molar-refractivity contribution >= 4 is 23.6 Å². The first-order chi connectivity index (χ1) is 12.6. The lowest BCUT2D eigenvalue weighted by molar-refractivity contribution is -0.130. The van der Waals surface area contributed by atoms with Crippen LogP contribution in [0.25, 0.3) is 6.08 Å². The highest BCUT2D eigenvalue weighted by atomic mass is 19.1. The molecule has 134 valence electrons. The first-order valence-electron chi connectivity index (χ1n) is 8.55. The van der Waals surface area contributed by atoms with E-state index in [1.54, 1.807) is 47.6 Å². The Hall–Kier alpha value is -3.02. The number of aromatic nitrogens is 1. The molecule has 1 N–H and O–H groups in total. The number of rotatable bonds is 4. The van der Waals surface area contributed by atoms with Gasteiger partial charge in [0.15, 0.2) is 0 Å². The molecular weight excluding hydrogens is 333 g/mol. The van der Waals surface area contributed by atoms with Gasteiger partial charge in [-0.05, 0) is 48.7 Å². The van der Waals surface area contributed by atoms with Gasteiger partial charge in [0.1, 0.15) is 5.82 Å². The molecule has 1 fully saturated rings. The molecular formula is C20H20FN3O2. The third-order valence-corrected chi connectivity index (χ3v) is 4.41. The number of halogens is 1. The van der Waals surface area contributed by atoms with E-state index in [2.05, 4.69) is 10.3 Å². The van der Waals surface area contributed by atoms with Gasteiger partial charge in [-0.3, -0.25) is 14.6 Å². The number of hydrogen-bond donors (Lipinski definition) is 1. The third-order valence-electron chi connectivity index (χ3n) is 4.41. The lowest BCUT2D eigenvalue weighted by Crippen LogP contribution is -2.40. The van der Waals surface area contributed by atoms with Gasteiger partial charge in [-0.25, -0.2) is 4.39 Å². The predicted molar refractivity (Wildman–Crippen MR) is 97.6 cm³/mol. The topological polar surface area (TPSA) is 62.3 Å². The maximum Gasteiger partial charge on any atom is 0.246 e. The molecule has 0 unspecified atom stereocenters. The number of carbonyl (C=O) groups excluding carboxylic acids is 2. The normalized spacial score (nSPS) is 15.2. The molecule has 0 aliphatic carbocycles. The highest BCUT2D eigenvalue weighted by molar-refractivity contribution is 5.94. The third kappa shape index (κ3) is 4.75. The van der Waals surface area contributed by atoms with Gasteiger partial charge >= 0.3 is 0 Å². The summed E-state index contributed by atoms with van der Waals surface area (Å²) >= 11 is 0. The monoisotopic (exact) mass is 353 g/mol. The second kappa shape index (κ2) is 8.38. The summed E-state index contributed by atoms with van der Waals surface area (Å²) in [4.78, 5) is 30.2. The van der Waals surface area contributed by atoms with E-state index >= 15 is 0 Å². The van der Waals surface area contributed by atoms with Crippen LogP contribution in [0.4, 0.5) is 10.1 Å². The van der Waals surface area contributed by atoms with Crippen LogP contribution in [0.15, 0.2) is 54.9 Å². The Balaban J connectivity index is 1.49. The fourth-order valence-corrected chi connectivity index (χ4v) is 2.89. The first kappa shape index (κ1) is 17.8. The molecule has 2 aromatic rings. The van der Waals surface area contributed by atoms with E-state index in [0.717, 1.165) is 11.3 Å². The van der Waals surface area contributed by atoms with Crippen molar-refractivity contribution in [3.8, 4) is 0 Å². The second-order valence-corrected chi connectivity index (χ2v) is 6.21. The van der Waals surface area contributed by atoms with E-state index in [1.807, 2.05) is 0 Å². The molecule has 1 aromatic carbocycles. The van der Waals surface area contributed by atoms with Crippen molar-refractivity contribution in [1.82, 2.24) is 9.88 Å². The number of benzene rings is 1. The smallest absolute Gasteiger partial charge is 0.246 e. The van der Waals surface area contributed by atoms with E-state index in [1.165, 1.54) is 18.2 Å². The van der Waals surface area contributed by atoms with E-state index in [0.29, 0.717) is 25.9 Å². The van der Waals surface area contributed by atoms with Crippen molar-refractivity contribution in [1.29, 1.82) is 0 Å². The van der Waals surface area contributed by atoms with E-state index in [4.69, 9.17) is 0 Å². The minimum Gasteiger partial charge on any atom is -0.339 e. The molecule has 1 saturated heterocycles. The van der Waals surface area contributed by atoms with Crippen LogP contribution in [0.5, 0.6) is 0 Å². The molecule has 0 spiro atoms. The Bertz CT molecular complexity index is 782. The van der Waals surface area contributed by atoms with Gasteiger partial charge in [0.2, 0.25) is 11.8 Å². The van der Waals surface area contributed by atoms with Crippen LogP contribution in [0.2, 0.25) is 0 Å². The summed E-state index contributed by atoms with van der Waals surface area (Å²) in [6.45, 7) is 1.09. The molecule has 2 amide bonds. The summed E-state index contributed by atoms with van der Waals surface area (Å²) in [5.41, 5.74) is 1.50. The number of nitrogens with one attached hydrogen (secondary N) is 1. The molecule has 0 atom stereocenters. The molecule has 6 heteroatoms. The Labute approximate surface area is 151 Å². The lowest BCUT2D eigenvalue weighted by Gasteiger charge is -2.30. The van der Waals surface area contributed by atoms with Crippen molar-refractivity contribution in [2.45, 2.75) is 12.8 Å². The Morgan fingerprint density at radius 2 is 1.73 bits per heavy atom. The van der Waals surface area contributed by atoms with Crippen molar-refractivity contribution in [3.05, 3.63) is 66.2 Å². The van der Waals surface area contributed by atoms with Crippen molar-refractivity contribution in [3.63, 3.8) is 0 Å². The molecule has 0 saturated carbocycles. The van der Waals surface area contributed by atoms with E-state index < -0.39 is 0 Å². The fourth-order valence-electron chi connectivity index (χ4n) is 2.89. The number of anilines is 1. The minimum absolute atomic E-state index is 0.0230. The van der Waals surface area contributed by atoms with Crippen molar-refractivity contribution in [2.75, 3.05) is 18.4 Å². The largest absolute Gasteiger partial charge is 0.339 e. The van der Waals surface area contributed by atoms with Crippen LogP contribution in [0.3, 0.4) is 0 Å². The summed E-state index contributed by atoms with van der Waals surface area (Å²) in [5, 5.41) is 2.88. The summed E-state index contributed by atoms with van der Waals surface area (Å²) in [6, 6.07) is 9.45. The van der Waals surface area contributed by atoms with Gasteiger partial charge in [0, 0.05) is 43.2 Å². The quantitative estimate of drug-likeness (QED) is 0.859. The van der Waals surface area contributed by atoms with Crippen LogP contribution < -0.4 is 5.32 Å². The number of amides is 2. The van der Waals surface area contributed by atoms with Gasteiger partial charge < -0.3 is 10.2 Å². The van der Waals surface area contributed by atoms with E-state index in [9.17, 15) is 14.0 Å². The predicted octanol–water partition coefficient (Wildman–Crippen LogP) is 3.11. The SMILES string of the molecule is O=C(Nc1ccncc1)C1CCN(C(=O)C=Cc2ccc(F)cc2)CC1. The zero-order valence-electron chi connectivity index (χ0n) is 14.3. The zero-order chi connectivity index (χ0) is 18.4. The summed E-state index contributed by atoms with van der Waals surface area (Å²) in [6.07, 6.45) is 7.68. The molecule has 1 aromatic heterocycles. The van der Waals surface area contributed by atoms with Gasteiger partial charge in [0.05, 0.1) is 0 Å². The Morgan fingerprint density at radius 3 is 2.38 bits per heavy atom. The molecule has 0 bridgehead atoms. The maximum absolute atomic E-state index is 12.9. The number of nitrogens with zero attached hydrogens (tertiary/aromatic N) is 2. The van der Waals surface area contributed by atoms with Crippen LogP contribution in [-0.4, -0.2) is 34.8 Å². The number of carbonyl (C=O) groups is 2. The van der Waals surface area contributed by atoms with Crippen LogP contribution in [0, 0.1) is 11.7 Å². The second-order valence-electron chi connectivity index (χ2n) is 6.21. The molecule has 2 heterocycles. The van der Waals surface area contributed by atoms with Crippen molar-refractivity contribution in [2.24, 2.45) is 5.92 Å². The molecule has 0 radical (unpaired) electrons. The Kier molecular flexibility index (Phi) is 5.73. The number of likely N-dealkylation sites (tertiary alicyclic amines) is 1. The zero-order valence-corrected chi connectivity index (χ0v) is 14.3. The Morgan fingerprint density at radius 1 is 1.08 bits per heavy atom. The number of pyridine rings is 1. The molecule has 5 nitrogen and oxygen atoms in total. The maximum atomic E-state index is 12.9. The number of piperidine rings is 1. The number of hydrogen-bond acceptors (Lipinski definition) is 3. The first-order valence-corrected chi connectivity index (χ1v) is 8.55. The van der Waals surface area contributed by atoms with Gasteiger partial charge in [0.25, 0.3) is 0 Å². The van der Waals surface area contributed by atoms with Gasteiger partial charge in [-0.15, -0.1) is 0 Å². The molecule has 3 rings (SSSR count). The summed E-state index contributed by atoms with van der Waals surface area (Å²) in [7, 11) is 0. The van der Waals surface area contributed by atoms with Crippen LogP contribution in [-0.2, 0) is 9.59 Å². The summed E-state index contributed by atoms with van der Waals surface area (Å²) in [5.74, 6) is -0.527. The van der Waals surface area contributed by atoms with Gasteiger partial charge in [-0.2, -0.15) is 0 Å². The average Bonchev–Trinajstić information content (AvgIpc) is 2.68. The minimum atomic E-state index is -0.305. The summed E-state index contributed by atoms with van der Waals surface area (Å²) < 4.78 is 12.9. The van der Waals surface area contributed by atoms with Crippen LogP contribution in [0.1, 0.15) is 18.4 Å². The molecule has 26 heavy (non-hydrogen) atoms. The molecule has 1 aliphatic rings. The average molecular weight is 353 g/mol. The highest BCUT2D eigenvalue weighted by Gasteiger charge is 2.26. The fraction of sp³-hybridized carbons (Fsp3) is 0.250. The lowest BCUT2D eigenvalue weighted by atomic mass is 9.95. The molecule has 1 aliphatic heterocycles. The van der Waals surface area contributed by atoms with Crippen molar-refractivity contribution < 1.29 is 14.0 Å². The van der Waals surface area contributed by atoms with E-state index in [-0.39, 0.29) is 23.5 Å². The standard InChI is InChI=1S/C20H20FN3O2/c21-17-4-1-15(2-5-17)3-6-19(25)24-13-9-16(10-14-24)20(26)23-18-7-11-22-12-8-18/h1-8,11-12,16H,9-10,13-14H2,(H,22,23,26).